The number of benzene rings is 1. The van der Waals surface area contributed by atoms with Gasteiger partial charge in [-0.2, -0.15) is 0 Å². The number of urea groups is 1. The highest BCUT2D eigenvalue weighted by atomic mass is 16.5. The van der Waals surface area contributed by atoms with Crippen LogP contribution in [0, 0.1) is 5.92 Å². The maximum atomic E-state index is 12.0. The Balaban J connectivity index is 2.21. The molecule has 2 amide bonds. The van der Waals surface area contributed by atoms with Crippen molar-refractivity contribution >= 4 is 11.7 Å². The van der Waals surface area contributed by atoms with Crippen molar-refractivity contribution < 1.29 is 9.53 Å². The van der Waals surface area contributed by atoms with Crippen molar-refractivity contribution in [2.24, 2.45) is 5.92 Å². The lowest BCUT2D eigenvalue weighted by Crippen LogP contribution is -2.53. The lowest BCUT2D eigenvalue weighted by atomic mass is 10.1. The van der Waals surface area contributed by atoms with Crippen molar-refractivity contribution in [3.05, 3.63) is 24.3 Å². The molecule has 2 N–H and O–H groups in total. The molecule has 0 saturated carbocycles. The normalized spacial score (nSPS) is 19.6. The van der Waals surface area contributed by atoms with E-state index in [0.717, 1.165) is 18.0 Å². The van der Waals surface area contributed by atoms with E-state index in [9.17, 15) is 4.79 Å². The van der Waals surface area contributed by atoms with Crippen LogP contribution in [0.15, 0.2) is 24.3 Å². The number of hydrogen-bond donors (Lipinski definition) is 2. The Morgan fingerprint density at radius 3 is 3.00 bits per heavy atom. The molecule has 0 aromatic heterocycles. The molecule has 2 rings (SSSR count). The van der Waals surface area contributed by atoms with Gasteiger partial charge in [-0.15, -0.1) is 0 Å². The molecule has 1 saturated heterocycles. The van der Waals surface area contributed by atoms with Crippen molar-refractivity contribution in [3.8, 4) is 5.75 Å². The summed E-state index contributed by atoms with van der Waals surface area (Å²) in [6, 6.07) is 7.51. The Labute approximate surface area is 107 Å². The second-order valence-corrected chi connectivity index (χ2v) is 4.39. The molecule has 1 fully saturated rings. The smallest absolute Gasteiger partial charge is 0.322 e. The average Bonchev–Trinajstić information content (AvgIpc) is 2.41. The van der Waals surface area contributed by atoms with E-state index in [1.54, 1.807) is 12.0 Å². The first kappa shape index (κ1) is 12.7. The standard InChI is InChI=1S/C13H19N3O2/c1-14-7-10-8-15-13(17)16(9-10)11-5-3-4-6-12(11)18-2/h3-6,10,14H,7-9H2,1-2H3,(H,15,17). The Morgan fingerprint density at radius 1 is 1.50 bits per heavy atom. The molecule has 0 spiro atoms. The molecule has 1 aliphatic heterocycles. The van der Waals surface area contributed by atoms with E-state index in [1.807, 2.05) is 31.3 Å². The highest BCUT2D eigenvalue weighted by Crippen LogP contribution is 2.29. The fourth-order valence-electron chi connectivity index (χ4n) is 2.22. The first-order chi connectivity index (χ1) is 8.76. The summed E-state index contributed by atoms with van der Waals surface area (Å²) in [5, 5.41) is 6.05. The number of carbonyl (C=O) groups excluding carboxylic acids is 1. The van der Waals surface area contributed by atoms with Crippen molar-refractivity contribution in [1.29, 1.82) is 0 Å². The molecule has 98 valence electrons. The van der Waals surface area contributed by atoms with Crippen LogP contribution >= 0.6 is 0 Å². The summed E-state index contributed by atoms with van der Waals surface area (Å²) in [5.74, 6) is 1.12. The Hall–Kier alpha value is -1.75. The van der Waals surface area contributed by atoms with Crippen molar-refractivity contribution in [1.82, 2.24) is 10.6 Å². The average molecular weight is 249 g/mol. The van der Waals surface area contributed by atoms with E-state index in [2.05, 4.69) is 10.6 Å². The van der Waals surface area contributed by atoms with Gasteiger partial charge < -0.3 is 15.4 Å². The molecule has 1 aromatic rings. The highest BCUT2D eigenvalue weighted by molar-refractivity contribution is 5.94. The van der Waals surface area contributed by atoms with Gasteiger partial charge in [0.05, 0.1) is 12.8 Å². The molecule has 1 unspecified atom stereocenters. The molecular weight excluding hydrogens is 230 g/mol. The van der Waals surface area contributed by atoms with Gasteiger partial charge in [0, 0.05) is 25.6 Å². The Bertz CT molecular complexity index is 422. The number of nitrogens with one attached hydrogen (secondary N) is 2. The molecular formula is C13H19N3O2. The van der Waals surface area contributed by atoms with Crippen LogP contribution in [0.1, 0.15) is 0 Å². The molecule has 1 heterocycles. The Morgan fingerprint density at radius 2 is 2.28 bits per heavy atom. The van der Waals surface area contributed by atoms with Crippen molar-refractivity contribution in [2.45, 2.75) is 0 Å². The third-order valence-corrected chi connectivity index (χ3v) is 3.10. The summed E-state index contributed by atoms with van der Waals surface area (Å²) >= 11 is 0. The van der Waals surface area contributed by atoms with Gasteiger partial charge in [0.15, 0.2) is 0 Å². The van der Waals surface area contributed by atoms with E-state index in [1.165, 1.54) is 0 Å². The number of hydrogen-bond acceptors (Lipinski definition) is 3. The van der Waals surface area contributed by atoms with Gasteiger partial charge in [-0.05, 0) is 19.2 Å². The molecule has 18 heavy (non-hydrogen) atoms. The molecule has 5 heteroatoms. The minimum absolute atomic E-state index is 0.0631. The maximum absolute atomic E-state index is 12.0. The number of methoxy groups -OCH3 is 1. The monoisotopic (exact) mass is 249 g/mol. The zero-order valence-electron chi connectivity index (χ0n) is 10.8. The van der Waals surface area contributed by atoms with Crippen molar-refractivity contribution in [3.63, 3.8) is 0 Å². The highest BCUT2D eigenvalue weighted by Gasteiger charge is 2.27. The summed E-state index contributed by atoms with van der Waals surface area (Å²) in [7, 11) is 3.54. The quantitative estimate of drug-likeness (QED) is 0.839. The summed E-state index contributed by atoms with van der Waals surface area (Å²) in [4.78, 5) is 13.7. The van der Waals surface area contributed by atoms with Gasteiger partial charge >= 0.3 is 6.03 Å². The van der Waals surface area contributed by atoms with Crippen LogP contribution in [0.4, 0.5) is 10.5 Å². The molecule has 0 bridgehead atoms. The number of ether oxygens (including phenoxy) is 1. The van der Waals surface area contributed by atoms with Crippen LogP contribution < -0.4 is 20.3 Å². The molecule has 0 aliphatic carbocycles. The van der Waals surface area contributed by atoms with Gasteiger partial charge in [0.2, 0.25) is 0 Å². The number of para-hydroxylation sites is 2. The number of amides is 2. The molecule has 0 radical (unpaired) electrons. The molecule has 1 atom stereocenters. The van der Waals surface area contributed by atoms with Crippen LogP contribution in [0.25, 0.3) is 0 Å². The van der Waals surface area contributed by atoms with E-state index in [0.29, 0.717) is 19.0 Å². The second-order valence-electron chi connectivity index (χ2n) is 4.39. The van der Waals surface area contributed by atoms with Gasteiger partial charge in [-0.3, -0.25) is 4.90 Å². The summed E-state index contributed by atoms with van der Waals surface area (Å²) < 4.78 is 5.30. The number of nitrogens with zero attached hydrogens (tertiary/aromatic N) is 1. The third kappa shape index (κ3) is 2.56. The maximum Gasteiger partial charge on any atom is 0.322 e. The fourth-order valence-corrected chi connectivity index (χ4v) is 2.22. The van der Waals surface area contributed by atoms with Gasteiger partial charge in [-0.1, -0.05) is 12.1 Å². The first-order valence-electron chi connectivity index (χ1n) is 6.09. The molecule has 1 aromatic carbocycles. The van der Waals surface area contributed by atoms with Crippen LogP contribution in [0.5, 0.6) is 5.75 Å². The number of carbonyl (C=O) groups is 1. The minimum atomic E-state index is -0.0631. The summed E-state index contributed by atoms with van der Waals surface area (Å²) in [5.41, 5.74) is 0.818. The SMILES string of the molecule is CNCC1CNC(=O)N(c2ccccc2OC)C1. The lowest BCUT2D eigenvalue weighted by molar-refractivity contribution is 0.236. The summed E-state index contributed by atoms with van der Waals surface area (Å²) in [6.45, 7) is 2.30. The van der Waals surface area contributed by atoms with Crippen LogP contribution in [0.3, 0.4) is 0 Å². The fraction of sp³-hybridized carbons (Fsp3) is 0.462. The first-order valence-corrected chi connectivity index (χ1v) is 6.09. The second kappa shape index (κ2) is 5.73. The largest absolute Gasteiger partial charge is 0.495 e. The van der Waals surface area contributed by atoms with Gasteiger partial charge in [-0.25, -0.2) is 4.79 Å². The summed E-state index contributed by atoms with van der Waals surface area (Å²) in [6.07, 6.45) is 0. The Kier molecular flexibility index (Phi) is 4.04. The van der Waals surface area contributed by atoms with E-state index in [-0.39, 0.29) is 6.03 Å². The topological polar surface area (TPSA) is 53.6 Å². The minimum Gasteiger partial charge on any atom is -0.495 e. The van der Waals surface area contributed by atoms with Gasteiger partial charge in [0.25, 0.3) is 0 Å². The van der Waals surface area contributed by atoms with Crippen molar-refractivity contribution in [2.75, 3.05) is 38.7 Å². The van der Waals surface area contributed by atoms with E-state index < -0.39 is 0 Å². The van der Waals surface area contributed by atoms with Crippen LogP contribution in [0.2, 0.25) is 0 Å². The number of anilines is 1. The third-order valence-electron chi connectivity index (χ3n) is 3.10. The number of rotatable bonds is 4. The zero-order valence-corrected chi connectivity index (χ0v) is 10.8. The predicted molar refractivity (Wildman–Crippen MR) is 71.2 cm³/mol. The van der Waals surface area contributed by atoms with E-state index >= 15 is 0 Å². The molecule has 1 aliphatic rings. The van der Waals surface area contributed by atoms with Crippen LogP contribution in [-0.4, -0.2) is 39.8 Å². The predicted octanol–water partition coefficient (Wildman–Crippen LogP) is 1.06. The van der Waals surface area contributed by atoms with E-state index in [4.69, 9.17) is 4.74 Å². The zero-order chi connectivity index (χ0) is 13.0. The lowest BCUT2D eigenvalue weighted by Gasteiger charge is -2.33. The molecule has 5 nitrogen and oxygen atoms in total. The van der Waals surface area contributed by atoms with Crippen LogP contribution in [-0.2, 0) is 0 Å². The van der Waals surface area contributed by atoms with Gasteiger partial charge in [0.1, 0.15) is 5.75 Å².